The Labute approximate surface area is 153 Å². The van der Waals surface area contributed by atoms with Crippen molar-refractivity contribution in [2.75, 3.05) is 26.3 Å². The van der Waals surface area contributed by atoms with Crippen molar-refractivity contribution in [1.29, 1.82) is 0 Å². The second kappa shape index (κ2) is 8.73. The first kappa shape index (κ1) is 19.0. The van der Waals surface area contributed by atoms with E-state index in [1.54, 1.807) is 0 Å². The second-order valence-corrected chi connectivity index (χ2v) is 8.22. The molecule has 1 heterocycles. The number of halogens is 1. The molecule has 140 valence electrons. The van der Waals surface area contributed by atoms with Gasteiger partial charge in [-0.25, -0.2) is 17.5 Å². The predicted octanol–water partition coefficient (Wildman–Crippen LogP) is 2.28. The second-order valence-electron chi connectivity index (χ2n) is 6.42. The highest BCUT2D eigenvalue weighted by atomic mass is 32.2. The molecule has 26 heavy (non-hydrogen) atoms. The average Bonchev–Trinajstić information content (AvgIpc) is 2.63. The Morgan fingerprint density at radius 1 is 1.00 bits per heavy atom. The quantitative estimate of drug-likeness (QED) is 0.803. The van der Waals surface area contributed by atoms with Crippen LogP contribution in [-0.4, -0.2) is 39.6 Å². The number of benzene rings is 2. The van der Waals surface area contributed by atoms with E-state index in [-0.39, 0.29) is 18.1 Å². The van der Waals surface area contributed by atoms with Crippen molar-refractivity contribution in [3.63, 3.8) is 0 Å². The molecule has 1 saturated heterocycles. The molecule has 3 rings (SSSR count). The van der Waals surface area contributed by atoms with Crippen LogP contribution < -0.4 is 4.72 Å². The Bertz CT molecular complexity index is 819. The fraction of sp³-hybridized carbons (Fsp3) is 0.368. The Hall–Kier alpha value is -1.80. The summed E-state index contributed by atoms with van der Waals surface area (Å²) in [6.07, 6.45) is 0. The summed E-state index contributed by atoms with van der Waals surface area (Å²) in [4.78, 5) is 2.32. The highest BCUT2D eigenvalue weighted by molar-refractivity contribution is 7.88. The van der Waals surface area contributed by atoms with Crippen molar-refractivity contribution in [2.45, 2.75) is 18.8 Å². The zero-order valence-electron chi connectivity index (χ0n) is 14.5. The standard InChI is InChI=1S/C19H23FN2O3S/c20-19-6-4-16(5-7-19)15-26(23,24)21-13-17-2-1-3-18(12-17)14-22-8-10-25-11-9-22/h1-7,12,21H,8-11,13-15H2. The van der Waals surface area contributed by atoms with E-state index in [4.69, 9.17) is 4.74 Å². The minimum atomic E-state index is -3.49. The minimum Gasteiger partial charge on any atom is -0.379 e. The SMILES string of the molecule is O=S(=O)(Cc1ccc(F)cc1)NCc1cccc(CN2CCOCC2)c1. The molecule has 2 aromatic rings. The summed E-state index contributed by atoms with van der Waals surface area (Å²) in [5, 5.41) is 0. The Balaban J connectivity index is 1.56. The molecule has 1 aliphatic heterocycles. The largest absolute Gasteiger partial charge is 0.379 e. The van der Waals surface area contributed by atoms with Crippen LogP contribution in [0.15, 0.2) is 48.5 Å². The fourth-order valence-corrected chi connectivity index (χ4v) is 4.02. The van der Waals surface area contributed by atoms with Gasteiger partial charge in [0.15, 0.2) is 0 Å². The van der Waals surface area contributed by atoms with Crippen LogP contribution in [0.5, 0.6) is 0 Å². The van der Waals surface area contributed by atoms with Crippen LogP contribution in [0, 0.1) is 5.82 Å². The lowest BCUT2D eigenvalue weighted by Gasteiger charge is -2.26. The molecule has 5 nitrogen and oxygen atoms in total. The molecule has 0 radical (unpaired) electrons. The molecule has 0 amide bonds. The van der Waals surface area contributed by atoms with Crippen LogP contribution >= 0.6 is 0 Å². The van der Waals surface area contributed by atoms with Gasteiger partial charge in [-0.1, -0.05) is 36.4 Å². The number of hydrogen-bond donors (Lipinski definition) is 1. The van der Waals surface area contributed by atoms with E-state index >= 15 is 0 Å². The summed E-state index contributed by atoms with van der Waals surface area (Å²) < 4.78 is 45.4. The molecular weight excluding hydrogens is 355 g/mol. The Morgan fingerprint density at radius 3 is 2.42 bits per heavy atom. The van der Waals surface area contributed by atoms with Crippen LogP contribution in [0.25, 0.3) is 0 Å². The van der Waals surface area contributed by atoms with Crippen LogP contribution in [-0.2, 0) is 33.6 Å². The molecule has 1 fully saturated rings. The number of sulfonamides is 1. The molecule has 7 heteroatoms. The van der Waals surface area contributed by atoms with Crippen LogP contribution in [0.2, 0.25) is 0 Å². The van der Waals surface area contributed by atoms with Crippen molar-refractivity contribution in [1.82, 2.24) is 9.62 Å². The summed E-state index contributed by atoms with van der Waals surface area (Å²) in [5.41, 5.74) is 2.63. The molecule has 0 atom stereocenters. The molecule has 0 unspecified atom stereocenters. The third-order valence-corrected chi connectivity index (χ3v) is 5.56. The number of ether oxygens (including phenoxy) is 1. The monoisotopic (exact) mass is 378 g/mol. The van der Waals surface area contributed by atoms with Gasteiger partial charge in [0.25, 0.3) is 0 Å². The smallest absolute Gasteiger partial charge is 0.216 e. The molecule has 0 saturated carbocycles. The lowest BCUT2D eigenvalue weighted by molar-refractivity contribution is 0.0342. The topological polar surface area (TPSA) is 58.6 Å². The highest BCUT2D eigenvalue weighted by Gasteiger charge is 2.13. The highest BCUT2D eigenvalue weighted by Crippen LogP contribution is 2.11. The van der Waals surface area contributed by atoms with Gasteiger partial charge in [0, 0.05) is 26.2 Å². The van der Waals surface area contributed by atoms with Gasteiger partial charge in [-0.05, 0) is 28.8 Å². The van der Waals surface area contributed by atoms with Gasteiger partial charge < -0.3 is 4.74 Å². The summed E-state index contributed by atoms with van der Waals surface area (Å²) in [5.74, 6) is -0.544. The molecular formula is C19H23FN2O3S. The normalized spacial score (nSPS) is 15.9. The summed E-state index contributed by atoms with van der Waals surface area (Å²) in [6, 6.07) is 13.4. The zero-order chi connectivity index (χ0) is 18.4. The van der Waals surface area contributed by atoms with Gasteiger partial charge in [-0.3, -0.25) is 4.90 Å². The van der Waals surface area contributed by atoms with Gasteiger partial charge in [0.2, 0.25) is 10.0 Å². The lowest BCUT2D eigenvalue weighted by atomic mass is 10.1. The maximum Gasteiger partial charge on any atom is 0.216 e. The fourth-order valence-electron chi connectivity index (χ4n) is 2.90. The van der Waals surface area contributed by atoms with E-state index < -0.39 is 10.0 Å². The first-order valence-corrected chi connectivity index (χ1v) is 10.3. The number of nitrogens with zero attached hydrogens (tertiary/aromatic N) is 1. The van der Waals surface area contributed by atoms with Crippen LogP contribution in [0.4, 0.5) is 4.39 Å². The number of nitrogens with one attached hydrogen (secondary N) is 1. The Morgan fingerprint density at radius 2 is 1.69 bits per heavy atom. The molecule has 0 aromatic heterocycles. The van der Waals surface area contributed by atoms with Crippen molar-refractivity contribution < 1.29 is 17.5 Å². The number of morpholine rings is 1. The van der Waals surface area contributed by atoms with E-state index in [1.807, 2.05) is 24.3 Å². The molecule has 2 aromatic carbocycles. The first-order chi connectivity index (χ1) is 12.5. The van der Waals surface area contributed by atoms with Crippen molar-refractivity contribution >= 4 is 10.0 Å². The molecule has 0 bridgehead atoms. The maximum atomic E-state index is 12.9. The maximum absolute atomic E-state index is 12.9. The van der Waals surface area contributed by atoms with Crippen molar-refractivity contribution in [3.05, 3.63) is 71.0 Å². The van der Waals surface area contributed by atoms with E-state index in [0.29, 0.717) is 5.56 Å². The summed E-state index contributed by atoms with van der Waals surface area (Å²) in [7, 11) is -3.49. The predicted molar refractivity (Wildman–Crippen MR) is 98.4 cm³/mol. The first-order valence-electron chi connectivity index (χ1n) is 8.60. The Kier molecular flexibility index (Phi) is 6.37. The van der Waals surface area contributed by atoms with Crippen molar-refractivity contribution in [2.24, 2.45) is 0 Å². The number of hydrogen-bond acceptors (Lipinski definition) is 4. The van der Waals surface area contributed by atoms with Crippen molar-refractivity contribution in [3.8, 4) is 0 Å². The molecule has 1 N–H and O–H groups in total. The third-order valence-electron chi connectivity index (χ3n) is 4.27. The average molecular weight is 378 g/mol. The van der Waals surface area contributed by atoms with Gasteiger partial charge in [0.1, 0.15) is 5.82 Å². The zero-order valence-corrected chi connectivity index (χ0v) is 15.3. The van der Waals surface area contributed by atoms with Gasteiger partial charge in [-0.15, -0.1) is 0 Å². The number of rotatable bonds is 7. The van der Waals surface area contributed by atoms with Crippen LogP contribution in [0.1, 0.15) is 16.7 Å². The van der Waals surface area contributed by atoms with Gasteiger partial charge in [0.05, 0.1) is 19.0 Å². The van der Waals surface area contributed by atoms with E-state index in [9.17, 15) is 12.8 Å². The molecule has 0 spiro atoms. The molecule has 0 aliphatic carbocycles. The lowest BCUT2D eigenvalue weighted by Crippen LogP contribution is -2.35. The van der Waals surface area contributed by atoms with E-state index in [2.05, 4.69) is 9.62 Å². The van der Waals surface area contributed by atoms with Gasteiger partial charge in [-0.2, -0.15) is 0 Å². The van der Waals surface area contributed by atoms with Gasteiger partial charge >= 0.3 is 0 Å². The van der Waals surface area contributed by atoms with Crippen LogP contribution in [0.3, 0.4) is 0 Å². The minimum absolute atomic E-state index is 0.166. The third kappa shape index (κ3) is 5.88. The summed E-state index contributed by atoms with van der Waals surface area (Å²) >= 11 is 0. The van der Waals surface area contributed by atoms with E-state index in [0.717, 1.165) is 44.0 Å². The summed E-state index contributed by atoms with van der Waals surface area (Å²) in [6.45, 7) is 4.40. The van der Waals surface area contributed by atoms with E-state index in [1.165, 1.54) is 24.3 Å². The molecule has 1 aliphatic rings.